The van der Waals surface area contributed by atoms with Crippen LogP contribution in [0.25, 0.3) is 0 Å². The van der Waals surface area contributed by atoms with E-state index in [4.69, 9.17) is 18.3 Å². The number of Topliss-reactive ketones (excluding diaryl/α,β-unsaturated/α-hetero) is 2. The van der Waals surface area contributed by atoms with Crippen molar-refractivity contribution in [3.63, 3.8) is 0 Å². The molecule has 0 saturated heterocycles. The van der Waals surface area contributed by atoms with E-state index in [1.54, 1.807) is 6.92 Å². The molecule has 2 aliphatic rings. The number of benzene rings is 4. The minimum absolute atomic E-state index is 0.00235. The highest BCUT2D eigenvalue weighted by Gasteiger charge is 2.56. The molecule has 4 aromatic rings. The Morgan fingerprint density at radius 1 is 0.773 bits per heavy atom. The van der Waals surface area contributed by atoms with Crippen LogP contribution in [0.2, 0.25) is 10.1 Å². The van der Waals surface area contributed by atoms with Gasteiger partial charge in [-0.2, -0.15) is 0 Å². The van der Waals surface area contributed by atoms with Crippen molar-refractivity contribution in [3.8, 4) is 0 Å². The summed E-state index contributed by atoms with van der Waals surface area (Å²) in [5, 5.41) is 4.47. The first-order valence-electron chi connectivity index (χ1n) is 23.2. The molecule has 0 radical (unpaired) electrons. The van der Waals surface area contributed by atoms with E-state index in [9.17, 15) is 9.59 Å². The SMILES string of the molecule is COC1=C(C(=O)/C(C)=C/[C@@H](C)C[C@H](C)[C@@H](C=C(Br)Br)O[Si](c2ccccc2)(c2ccccc2)C(C)(C)C)C(=O)[C@]2(CC=C(CO[Si](c3ccccc3)(c3ccccc3)C(C)(C)C)[C@H](C)C2)O1. The van der Waals surface area contributed by atoms with Gasteiger partial charge in [-0.1, -0.05) is 196 Å². The summed E-state index contributed by atoms with van der Waals surface area (Å²) in [4.78, 5) is 29.0. The van der Waals surface area contributed by atoms with E-state index in [2.05, 4.69) is 216 Å². The van der Waals surface area contributed by atoms with Gasteiger partial charge in [0.25, 0.3) is 22.6 Å². The molecule has 0 aromatic heterocycles. The van der Waals surface area contributed by atoms with Crippen molar-refractivity contribution in [1.82, 2.24) is 0 Å². The highest BCUT2D eigenvalue weighted by molar-refractivity contribution is 9.28. The van der Waals surface area contributed by atoms with E-state index < -0.39 is 22.2 Å². The number of hydrogen-bond donors (Lipinski definition) is 0. The third-order valence-corrected chi connectivity index (χ3v) is 24.1. The lowest BCUT2D eigenvalue weighted by Crippen LogP contribution is -2.68. The number of halogens is 2. The average Bonchev–Trinajstić information content (AvgIpc) is 3.55. The molecular weight excluding hydrogens is 985 g/mol. The highest BCUT2D eigenvalue weighted by atomic mass is 79.9. The summed E-state index contributed by atoms with van der Waals surface area (Å²) in [5.41, 5.74) is 0.367. The summed E-state index contributed by atoms with van der Waals surface area (Å²) < 4.78 is 27.8. The maximum absolute atomic E-state index is 14.6. The van der Waals surface area contributed by atoms with Gasteiger partial charge in [-0.05, 0) is 111 Å². The van der Waals surface area contributed by atoms with Crippen LogP contribution in [0.15, 0.2) is 166 Å². The summed E-state index contributed by atoms with van der Waals surface area (Å²) in [7, 11) is -4.22. The smallest absolute Gasteiger partial charge is 0.295 e. The molecule has 6 nitrogen and oxygen atoms in total. The quantitative estimate of drug-likeness (QED) is 0.0454. The Balaban J connectivity index is 1.21. The molecule has 4 aromatic carbocycles. The first-order chi connectivity index (χ1) is 31.2. The molecule has 0 saturated carbocycles. The largest absolute Gasteiger partial charge is 0.468 e. The topological polar surface area (TPSA) is 71.1 Å². The lowest BCUT2D eigenvalue weighted by atomic mass is 9.75. The Hall–Kier alpha value is -3.91. The second-order valence-electron chi connectivity index (χ2n) is 20.4. The lowest BCUT2D eigenvalue weighted by molar-refractivity contribution is -0.136. The number of ketones is 2. The molecule has 350 valence electrons. The van der Waals surface area contributed by atoms with Crippen molar-refractivity contribution in [3.05, 3.63) is 166 Å². The van der Waals surface area contributed by atoms with Gasteiger partial charge in [-0.25, -0.2) is 0 Å². The van der Waals surface area contributed by atoms with E-state index >= 15 is 0 Å². The van der Waals surface area contributed by atoms with Crippen LogP contribution < -0.4 is 20.7 Å². The van der Waals surface area contributed by atoms with Gasteiger partial charge in [0.15, 0.2) is 11.4 Å². The molecule has 0 unspecified atom stereocenters. The fraction of sp³-hybridized carbons (Fsp3) is 0.393. The van der Waals surface area contributed by atoms with Crippen LogP contribution in [0.1, 0.15) is 88.5 Å². The molecule has 0 N–H and O–H groups in total. The molecular formula is C56H68Br2O6Si2. The van der Waals surface area contributed by atoms with Gasteiger partial charge in [-0.3, -0.25) is 9.59 Å². The molecule has 0 fully saturated rings. The van der Waals surface area contributed by atoms with E-state index in [0.29, 0.717) is 25.0 Å². The van der Waals surface area contributed by atoms with Gasteiger partial charge in [0, 0.05) is 12.8 Å². The second-order valence-corrected chi connectivity index (χ2v) is 31.7. The zero-order valence-corrected chi connectivity index (χ0v) is 45.8. The summed E-state index contributed by atoms with van der Waals surface area (Å²) in [6, 6.07) is 42.5. The van der Waals surface area contributed by atoms with Crippen molar-refractivity contribution < 1.29 is 27.9 Å². The van der Waals surface area contributed by atoms with Gasteiger partial charge < -0.3 is 18.3 Å². The molecule has 66 heavy (non-hydrogen) atoms. The van der Waals surface area contributed by atoms with Crippen LogP contribution in [0.3, 0.4) is 0 Å². The number of carbonyl (C=O) groups excluding carboxylic acids is 2. The lowest BCUT2D eigenvalue weighted by Gasteiger charge is -2.46. The first-order valence-corrected chi connectivity index (χ1v) is 28.6. The molecule has 1 aliphatic carbocycles. The van der Waals surface area contributed by atoms with Crippen LogP contribution in [-0.2, 0) is 27.9 Å². The predicted octanol–water partition coefficient (Wildman–Crippen LogP) is 11.9. The number of carbonyl (C=O) groups is 2. The number of rotatable bonds is 17. The maximum atomic E-state index is 14.6. The zero-order valence-electron chi connectivity index (χ0n) is 40.6. The Bertz CT molecular complexity index is 2350. The number of allylic oxidation sites excluding steroid dienone is 2. The van der Waals surface area contributed by atoms with Crippen LogP contribution >= 0.6 is 31.9 Å². The Labute approximate surface area is 413 Å². The molecule has 5 atom stereocenters. The molecule has 10 heteroatoms. The van der Waals surface area contributed by atoms with Crippen LogP contribution in [0, 0.1) is 17.8 Å². The van der Waals surface area contributed by atoms with Gasteiger partial charge in [0.2, 0.25) is 5.78 Å². The average molecular weight is 1050 g/mol. The Morgan fingerprint density at radius 3 is 1.64 bits per heavy atom. The summed E-state index contributed by atoms with van der Waals surface area (Å²) >= 11 is 7.32. The van der Waals surface area contributed by atoms with Crippen LogP contribution in [0.5, 0.6) is 0 Å². The number of methoxy groups -OCH3 is 1. The standard InChI is InChI=1S/C56H68Br2O6Si2/c1-39(34-40(2)48(36-49(57)58)64-66(55(8,9)10,46-28-20-14-21-29-46)47-30-22-15-23-31-47)35-41(3)51(59)50-52(60)56(63-53(50)61-11)33-32-43(42(4)37-56)38-62-65(54(5,6)7,44-24-16-12-17-25-44)45-26-18-13-19-27-45/h12-32,35-36,39-40,42,48H,33-34,37-38H2,1-11H3/b41-35+/t39-,40-,42+,48+,56+/m0/s1. The third-order valence-electron chi connectivity index (χ3n) is 13.6. The van der Waals surface area contributed by atoms with E-state index in [0.717, 1.165) is 15.4 Å². The first kappa shape index (κ1) is 51.5. The summed E-state index contributed by atoms with van der Waals surface area (Å²) in [6.07, 6.45) is 7.36. The van der Waals surface area contributed by atoms with Crippen molar-refractivity contribution in [2.45, 2.75) is 110 Å². The molecule has 1 heterocycles. The Kier molecular flexibility index (Phi) is 16.5. The van der Waals surface area contributed by atoms with Crippen molar-refractivity contribution in [2.24, 2.45) is 17.8 Å². The minimum Gasteiger partial charge on any atom is -0.468 e. The van der Waals surface area contributed by atoms with Gasteiger partial charge in [-0.15, -0.1) is 0 Å². The van der Waals surface area contributed by atoms with Gasteiger partial charge >= 0.3 is 0 Å². The van der Waals surface area contributed by atoms with Crippen LogP contribution in [-0.4, -0.2) is 53.6 Å². The van der Waals surface area contributed by atoms with Gasteiger partial charge in [0.05, 0.1) is 23.2 Å². The number of ether oxygens (including phenoxy) is 2. The second kappa shape index (κ2) is 21.2. The van der Waals surface area contributed by atoms with E-state index in [1.165, 1.54) is 27.9 Å². The van der Waals surface area contributed by atoms with E-state index in [-0.39, 0.29) is 57.0 Å². The highest BCUT2D eigenvalue weighted by Crippen LogP contribution is 2.46. The number of hydrogen-bond acceptors (Lipinski definition) is 6. The Morgan fingerprint density at radius 2 is 1.23 bits per heavy atom. The fourth-order valence-corrected chi connectivity index (χ4v) is 20.2. The summed E-state index contributed by atoms with van der Waals surface area (Å²) in [6.45, 7) is 22.3. The van der Waals surface area contributed by atoms with Crippen molar-refractivity contribution in [1.29, 1.82) is 0 Å². The minimum atomic E-state index is -2.90. The molecule has 0 bridgehead atoms. The van der Waals surface area contributed by atoms with Gasteiger partial charge in [0.1, 0.15) is 5.57 Å². The molecule has 1 spiro atoms. The maximum Gasteiger partial charge on any atom is 0.295 e. The molecule has 6 rings (SSSR count). The predicted molar refractivity (Wildman–Crippen MR) is 283 cm³/mol. The fourth-order valence-electron chi connectivity index (χ4n) is 10.4. The van der Waals surface area contributed by atoms with E-state index in [1.807, 2.05) is 18.2 Å². The van der Waals surface area contributed by atoms with Crippen LogP contribution in [0.4, 0.5) is 0 Å². The zero-order chi connectivity index (χ0) is 48.1. The molecule has 0 amide bonds. The normalized spacial score (nSPS) is 19.8. The third kappa shape index (κ3) is 10.5. The summed E-state index contributed by atoms with van der Waals surface area (Å²) in [5.74, 6) is -0.708. The molecule has 1 aliphatic heterocycles. The van der Waals surface area contributed by atoms with Crippen molar-refractivity contribution >= 4 is 80.8 Å². The van der Waals surface area contributed by atoms with Crippen molar-refractivity contribution in [2.75, 3.05) is 13.7 Å². The monoisotopic (exact) mass is 1050 g/mol.